The van der Waals surface area contributed by atoms with Crippen molar-refractivity contribution in [3.05, 3.63) is 39.0 Å². The van der Waals surface area contributed by atoms with Gasteiger partial charge in [0.15, 0.2) is 0 Å². The van der Waals surface area contributed by atoms with Gasteiger partial charge in [-0.2, -0.15) is 0 Å². The van der Waals surface area contributed by atoms with E-state index in [1.807, 2.05) is 24.8 Å². The highest BCUT2D eigenvalue weighted by Crippen LogP contribution is 2.26. The number of hydrogen-bond donors (Lipinski definition) is 0. The van der Waals surface area contributed by atoms with Gasteiger partial charge in [0.05, 0.1) is 4.88 Å². The highest BCUT2D eigenvalue weighted by Gasteiger charge is 2.25. The zero-order valence-corrected chi connectivity index (χ0v) is 17.0. The lowest BCUT2D eigenvalue weighted by Gasteiger charge is -2.35. The zero-order chi connectivity index (χ0) is 18.7. The second kappa shape index (κ2) is 8.16. The Morgan fingerprint density at radius 2 is 1.85 bits per heavy atom. The number of nitrogens with zero attached hydrogens (tertiary/aromatic N) is 4. The SMILES string of the molecule is CCCc1sc(C(=O)N2CCN(c3cc(C)nc(C)n3)CC2)cc1CC. The molecule has 1 aliphatic heterocycles. The van der Waals surface area contributed by atoms with Crippen LogP contribution in [0.1, 0.15) is 51.9 Å². The van der Waals surface area contributed by atoms with Gasteiger partial charge in [0, 0.05) is 42.8 Å². The normalized spacial score (nSPS) is 14.8. The summed E-state index contributed by atoms with van der Waals surface area (Å²) in [5.41, 5.74) is 2.32. The second-order valence-electron chi connectivity index (χ2n) is 6.86. The number of anilines is 1. The minimum atomic E-state index is 0.182. The van der Waals surface area contributed by atoms with Gasteiger partial charge in [-0.25, -0.2) is 9.97 Å². The van der Waals surface area contributed by atoms with Crippen LogP contribution < -0.4 is 4.90 Å². The van der Waals surface area contributed by atoms with E-state index in [9.17, 15) is 4.79 Å². The fourth-order valence-corrected chi connectivity index (χ4v) is 4.79. The van der Waals surface area contributed by atoms with Crippen LogP contribution in [-0.2, 0) is 12.8 Å². The number of piperazine rings is 1. The van der Waals surface area contributed by atoms with E-state index in [1.165, 1.54) is 10.4 Å². The van der Waals surface area contributed by atoms with E-state index in [0.29, 0.717) is 0 Å². The van der Waals surface area contributed by atoms with Crippen molar-refractivity contribution in [1.82, 2.24) is 14.9 Å². The average molecular weight is 373 g/mol. The summed E-state index contributed by atoms with van der Waals surface area (Å²) in [7, 11) is 0. The average Bonchev–Trinajstić information content (AvgIpc) is 3.04. The monoisotopic (exact) mass is 372 g/mol. The van der Waals surface area contributed by atoms with Crippen LogP contribution in [0, 0.1) is 13.8 Å². The topological polar surface area (TPSA) is 49.3 Å². The van der Waals surface area contributed by atoms with Gasteiger partial charge in [-0.05, 0) is 38.3 Å². The Balaban J connectivity index is 1.67. The highest BCUT2D eigenvalue weighted by molar-refractivity contribution is 7.14. The minimum absolute atomic E-state index is 0.182. The van der Waals surface area contributed by atoms with Gasteiger partial charge in [-0.1, -0.05) is 20.3 Å². The van der Waals surface area contributed by atoms with Crippen molar-refractivity contribution in [2.45, 2.75) is 47.0 Å². The Morgan fingerprint density at radius 1 is 1.12 bits per heavy atom. The summed E-state index contributed by atoms with van der Waals surface area (Å²) < 4.78 is 0. The van der Waals surface area contributed by atoms with Gasteiger partial charge in [0.25, 0.3) is 5.91 Å². The van der Waals surface area contributed by atoms with E-state index in [2.05, 4.69) is 34.8 Å². The van der Waals surface area contributed by atoms with Crippen molar-refractivity contribution in [2.24, 2.45) is 0 Å². The van der Waals surface area contributed by atoms with Crippen molar-refractivity contribution in [3.8, 4) is 0 Å². The first-order valence-electron chi connectivity index (χ1n) is 9.49. The number of carbonyl (C=O) groups excluding carboxylic acids is 1. The molecule has 0 spiro atoms. The molecule has 1 saturated heterocycles. The molecule has 0 aliphatic carbocycles. The molecule has 3 heterocycles. The first kappa shape index (κ1) is 18.8. The molecule has 0 N–H and O–H groups in total. The van der Waals surface area contributed by atoms with E-state index in [0.717, 1.165) is 67.7 Å². The van der Waals surface area contributed by atoms with Gasteiger partial charge >= 0.3 is 0 Å². The molecule has 6 heteroatoms. The summed E-state index contributed by atoms with van der Waals surface area (Å²) in [4.78, 5) is 28.3. The van der Waals surface area contributed by atoms with Gasteiger partial charge in [-0.15, -0.1) is 11.3 Å². The third-order valence-corrected chi connectivity index (χ3v) is 6.03. The van der Waals surface area contributed by atoms with Gasteiger partial charge < -0.3 is 9.80 Å². The molecule has 2 aromatic heterocycles. The molecule has 0 unspecified atom stereocenters. The van der Waals surface area contributed by atoms with Crippen LogP contribution in [0.4, 0.5) is 5.82 Å². The first-order valence-corrected chi connectivity index (χ1v) is 10.3. The predicted molar refractivity (Wildman–Crippen MR) is 107 cm³/mol. The van der Waals surface area contributed by atoms with Crippen molar-refractivity contribution in [3.63, 3.8) is 0 Å². The Kier molecular flexibility index (Phi) is 5.91. The molecule has 0 saturated carbocycles. The summed E-state index contributed by atoms with van der Waals surface area (Å²) >= 11 is 1.69. The largest absolute Gasteiger partial charge is 0.353 e. The lowest BCUT2D eigenvalue weighted by molar-refractivity contribution is 0.0751. The first-order chi connectivity index (χ1) is 12.5. The summed E-state index contributed by atoms with van der Waals surface area (Å²) in [5, 5.41) is 0. The standard InChI is InChI=1S/C20H28N4OS/c1-5-7-17-16(6-2)13-18(26-17)20(25)24-10-8-23(9-11-24)19-12-14(3)21-15(4)22-19/h12-13H,5-11H2,1-4H3. The highest BCUT2D eigenvalue weighted by atomic mass is 32.1. The molecule has 26 heavy (non-hydrogen) atoms. The number of hydrogen-bond acceptors (Lipinski definition) is 5. The molecule has 3 rings (SSSR count). The molecule has 2 aromatic rings. The van der Waals surface area contributed by atoms with Gasteiger partial charge in [0.1, 0.15) is 11.6 Å². The van der Waals surface area contributed by atoms with Crippen LogP contribution in [0.3, 0.4) is 0 Å². The van der Waals surface area contributed by atoms with E-state index in [1.54, 1.807) is 11.3 Å². The molecule has 1 amide bonds. The molecular formula is C20H28N4OS. The molecule has 1 fully saturated rings. The second-order valence-corrected chi connectivity index (χ2v) is 7.99. The summed E-state index contributed by atoms with van der Waals surface area (Å²) in [5.74, 6) is 1.95. The summed E-state index contributed by atoms with van der Waals surface area (Å²) in [6, 6.07) is 4.13. The quantitative estimate of drug-likeness (QED) is 0.804. The third kappa shape index (κ3) is 4.06. The van der Waals surface area contributed by atoms with Gasteiger partial charge in [0.2, 0.25) is 0 Å². The number of thiophene rings is 1. The fraction of sp³-hybridized carbons (Fsp3) is 0.550. The molecule has 0 bridgehead atoms. The van der Waals surface area contributed by atoms with E-state index in [4.69, 9.17) is 0 Å². The molecule has 140 valence electrons. The molecule has 1 aliphatic rings. The van der Waals surface area contributed by atoms with E-state index >= 15 is 0 Å². The summed E-state index contributed by atoms with van der Waals surface area (Å²) in [6.45, 7) is 11.4. The maximum atomic E-state index is 12.9. The molecule has 0 aromatic carbocycles. The number of amides is 1. The Labute approximate surface area is 160 Å². The Bertz CT molecular complexity index is 758. The fourth-order valence-electron chi connectivity index (χ4n) is 3.46. The minimum Gasteiger partial charge on any atom is -0.353 e. The third-order valence-electron chi connectivity index (χ3n) is 4.81. The maximum Gasteiger partial charge on any atom is 0.264 e. The van der Waals surface area contributed by atoms with Crippen molar-refractivity contribution in [1.29, 1.82) is 0 Å². The van der Waals surface area contributed by atoms with E-state index < -0.39 is 0 Å². The zero-order valence-electron chi connectivity index (χ0n) is 16.2. The van der Waals surface area contributed by atoms with Gasteiger partial charge in [-0.3, -0.25) is 4.79 Å². The molecule has 0 radical (unpaired) electrons. The van der Waals surface area contributed by atoms with Crippen LogP contribution in [0.15, 0.2) is 12.1 Å². The predicted octanol–water partition coefficient (Wildman–Crippen LogP) is 3.63. The number of rotatable bonds is 5. The Morgan fingerprint density at radius 3 is 2.46 bits per heavy atom. The maximum absolute atomic E-state index is 12.9. The molecule has 5 nitrogen and oxygen atoms in total. The smallest absolute Gasteiger partial charge is 0.264 e. The van der Waals surface area contributed by atoms with E-state index in [-0.39, 0.29) is 5.91 Å². The Hall–Kier alpha value is -1.95. The van der Waals surface area contributed by atoms with Crippen LogP contribution >= 0.6 is 11.3 Å². The molecular weight excluding hydrogens is 344 g/mol. The summed E-state index contributed by atoms with van der Waals surface area (Å²) in [6.07, 6.45) is 3.19. The number of carbonyl (C=O) groups is 1. The number of aryl methyl sites for hydroxylation is 4. The van der Waals surface area contributed by atoms with Crippen molar-refractivity contribution < 1.29 is 4.79 Å². The lowest BCUT2D eigenvalue weighted by Crippen LogP contribution is -2.49. The van der Waals surface area contributed by atoms with Crippen molar-refractivity contribution >= 4 is 23.1 Å². The van der Waals surface area contributed by atoms with Crippen molar-refractivity contribution in [2.75, 3.05) is 31.1 Å². The van der Waals surface area contributed by atoms with Crippen LogP contribution in [0.25, 0.3) is 0 Å². The van der Waals surface area contributed by atoms with Crippen LogP contribution in [0.2, 0.25) is 0 Å². The molecule has 0 atom stereocenters. The van der Waals surface area contributed by atoms with Crippen LogP contribution in [0.5, 0.6) is 0 Å². The number of aromatic nitrogens is 2. The lowest BCUT2D eigenvalue weighted by atomic mass is 10.1. The van der Waals surface area contributed by atoms with Crippen LogP contribution in [-0.4, -0.2) is 47.0 Å².